The third-order valence-corrected chi connectivity index (χ3v) is 5.02. The van der Waals surface area contributed by atoms with Gasteiger partial charge in [-0.1, -0.05) is 59.8 Å². The molecule has 2 aromatic carbocycles. The highest BCUT2D eigenvalue weighted by atomic mass is 32.2. The third kappa shape index (κ3) is 4.09. The first kappa shape index (κ1) is 17.5. The van der Waals surface area contributed by atoms with Gasteiger partial charge in [0, 0.05) is 12.0 Å². The number of thioether (sulfide) groups is 1. The summed E-state index contributed by atoms with van der Waals surface area (Å²) >= 11 is 1.23. The number of hydrogen-bond donors (Lipinski definition) is 0. The van der Waals surface area contributed by atoms with Crippen molar-refractivity contribution in [2.75, 3.05) is 12.3 Å². The minimum Gasteiger partial charge on any atom is -0.411 e. The number of hydrogen-bond acceptors (Lipinski definition) is 6. The molecule has 27 heavy (non-hydrogen) atoms. The largest absolute Gasteiger partial charge is 0.411 e. The van der Waals surface area contributed by atoms with E-state index in [2.05, 4.69) is 15.3 Å². The van der Waals surface area contributed by atoms with Crippen LogP contribution < -0.4 is 0 Å². The lowest BCUT2D eigenvalue weighted by Gasteiger charge is -2.09. The Morgan fingerprint density at radius 3 is 2.63 bits per heavy atom. The summed E-state index contributed by atoms with van der Waals surface area (Å²) < 4.78 is 5.65. The predicted molar refractivity (Wildman–Crippen MR) is 105 cm³/mol. The van der Waals surface area contributed by atoms with Gasteiger partial charge in [-0.15, -0.1) is 10.2 Å². The first-order chi connectivity index (χ1) is 13.2. The van der Waals surface area contributed by atoms with Gasteiger partial charge in [-0.3, -0.25) is 4.79 Å². The highest BCUT2D eigenvalue weighted by Gasteiger charge is 2.22. The molecule has 1 aliphatic rings. The Hall–Kier alpha value is -2.93. The number of hydrazone groups is 1. The van der Waals surface area contributed by atoms with Crippen LogP contribution in [0.4, 0.5) is 0 Å². The van der Waals surface area contributed by atoms with Gasteiger partial charge in [-0.05, 0) is 24.6 Å². The van der Waals surface area contributed by atoms with Crippen LogP contribution in [0.15, 0.2) is 69.3 Å². The fourth-order valence-electron chi connectivity index (χ4n) is 2.75. The lowest BCUT2D eigenvalue weighted by Crippen LogP contribution is -2.25. The fourth-order valence-corrected chi connectivity index (χ4v) is 3.38. The Morgan fingerprint density at radius 2 is 1.85 bits per heavy atom. The van der Waals surface area contributed by atoms with Crippen LogP contribution in [0.2, 0.25) is 0 Å². The smallest absolute Gasteiger partial charge is 0.277 e. The standard InChI is InChI=1S/C20H18N4O2S/c1-14-7-9-16(10-8-14)19-21-22-20(26-19)27-13-18(25)24-12-11-17(23-24)15-5-3-2-4-6-15/h2-10H,11-13H2,1H3. The molecule has 3 aromatic rings. The molecule has 0 saturated carbocycles. The molecule has 0 aliphatic carbocycles. The van der Waals surface area contributed by atoms with E-state index in [1.807, 2.05) is 61.5 Å². The van der Waals surface area contributed by atoms with Gasteiger partial charge in [0.05, 0.1) is 18.0 Å². The van der Waals surface area contributed by atoms with Crippen molar-refractivity contribution >= 4 is 23.4 Å². The molecule has 0 saturated heterocycles. The van der Waals surface area contributed by atoms with Crippen molar-refractivity contribution in [3.63, 3.8) is 0 Å². The average Bonchev–Trinajstić information content (AvgIpc) is 3.37. The topological polar surface area (TPSA) is 71.6 Å². The normalized spacial score (nSPS) is 13.7. The number of amides is 1. The van der Waals surface area contributed by atoms with Crippen molar-refractivity contribution in [2.24, 2.45) is 5.10 Å². The summed E-state index contributed by atoms with van der Waals surface area (Å²) in [5.74, 6) is 0.595. The molecule has 136 valence electrons. The highest BCUT2D eigenvalue weighted by Crippen LogP contribution is 2.24. The second kappa shape index (κ2) is 7.75. The Balaban J connectivity index is 1.36. The summed E-state index contributed by atoms with van der Waals surface area (Å²) in [6.07, 6.45) is 0.762. The van der Waals surface area contributed by atoms with Crippen LogP contribution in [-0.2, 0) is 4.79 Å². The van der Waals surface area contributed by atoms with Gasteiger partial charge in [-0.25, -0.2) is 5.01 Å². The number of carbonyl (C=O) groups is 1. The van der Waals surface area contributed by atoms with Crippen LogP contribution in [0.25, 0.3) is 11.5 Å². The van der Waals surface area contributed by atoms with Crippen molar-refractivity contribution in [1.82, 2.24) is 15.2 Å². The lowest BCUT2D eigenvalue weighted by molar-refractivity contribution is -0.127. The van der Waals surface area contributed by atoms with Gasteiger partial charge in [0.2, 0.25) is 5.89 Å². The molecule has 1 aromatic heterocycles. The number of aryl methyl sites for hydroxylation is 1. The van der Waals surface area contributed by atoms with Crippen LogP contribution in [0, 0.1) is 6.92 Å². The van der Waals surface area contributed by atoms with Gasteiger partial charge >= 0.3 is 0 Å². The van der Waals surface area contributed by atoms with Gasteiger partial charge < -0.3 is 4.42 Å². The minimum absolute atomic E-state index is 0.0685. The van der Waals surface area contributed by atoms with Crippen LogP contribution in [0.5, 0.6) is 0 Å². The second-order valence-electron chi connectivity index (χ2n) is 6.21. The minimum atomic E-state index is -0.0685. The van der Waals surface area contributed by atoms with E-state index in [0.717, 1.165) is 23.3 Å². The Kier molecular flexibility index (Phi) is 5.02. The van der Waals surface area contributed by atoms with Crippen molar-refractivity contribution in [2.45, 2.75) is 18.6 Å². The number of aromatic nitrogens is 2. The van der Waals surface area contributed by atoms with E-state index in [4.69, 9.17) is 4.42 Å². The zero-order valence-corrected chi connectivity index (χ0v) is 15.6. The predicted octanol–water partition coefficient (Wildman–Crippen LogP) is 3.77. The molecule has 0 spiro atoms. The summed E-state index contributed by atoms with van der Waals surface area (Å²) in [6, 6.07) is 17.8. The maximum Gasteiger partial charge on any atom is 0.277 e. The molecule has 0 fully saturated rings. The molecular formula is C20H18N4O2S. The molecule has 0 bridgehead atoms. The zero-order valence-electron chi connectivity index (χ0n) is 14.8. The van der Waals surface area contributed by atoms with Crippen molar-refractivity contribution in [3.05, 3.63) is 65.7 Å². The molecular weight excluding hydrogens is 360 g/mol. The summed E-state index contributed by atoms with van der Waals surface area (Å²) in [4.78, 5) is 12.4. The molecule has 4 rings (SSSR count). The quantitative estimate of drug-likeness (QED) is 0.632. The number of carbonyl (C=O) groups excluding carboxylic acids is 1. The fraction of sp³-hybridized carbons (Fsp3) is 0.200. The summed E-state index contributed by atoms with van der Waals surface area (Å²) in [5.41, 5.74) is 4.02. The van der Waals surface area contributed by atoms with E-state index in [1.54, 1.807) is 0 Å². The maximum atomic E-state index is 12.4. The first-order valence-corrected chi connectivity index (χ1v) is 9.64. The van der Waals surface area contributed by atoms with Crippen molar-refractivity contribution in [3.8, 4) is 11.5 Å². The molecule has 2 heterocycles. The van der Waals surface area contributed by atoms with E-state index in [9.17, 15) is 4.79 Å². The summed E-state index contributed by atoms with van der Waals surface area (Å²) in [6.45, 7) is 2.62. The number of benzene rings is 2. The molecule has 1 aliphatic heterocycles. The van der Waals surface area contributed by atoms with Gasteiger partial charge in [-0.2, -0.15) is 5.10 Å². The Bertz CT molecular complexity index is 967. The monoisotopic (exact) mass is 378 g/mol. The number of rotatable bonds is 5. The SMILES string of the molecule is Cc1ccc(-c2nnc(SCC(=O)N3CCC(c4ccccc4)=N3)o2)cc1. The lowest BCUT2D eigenvalue weighted by atomic mass is 10.1. The molecule has 0 atom stereocenters. The van der Waals surface area contributed by atoms with Crippen molar-refractivity contribution < 1.29 is 9.21 Å². The summed E-state index contributed by atoms with van der Waals surface area (Å²) in [7, 11) is 0. The van der Waals surface area contributed by atoms with Crippen LogP contribution >= 0.6 is 11.8 Å². The molecule has 6 nitrogen and oxygen atoms in total. The average molecular weight is 378 g/mol. The first-order valence-electron chi connectivity index (χ1n) is 8.65. The Labute approximate surface area is 161 Å². The van der Waals surface area contributed by atoms with Gasteiger partial charge in [0.15, 0.2) is 0 Å². The van der Waals surface area contributed by atoms with E-state index in [1.165, 1.54) is 22.3 Å². The third-order valence-electron chi connectivity index (χ3n) is 4.22. The van der Waals surface area contributed by atoms with Gasteiger partial charge in [0.25, 0.3) is 11.1 Å². The zero-order chi connectivity index (χ0) is 18.6. The van der Waals surface area contributed by atoms with Crippen molar-refractivity contribution in [1.29, 1.82) is 0 Å². The van der Waals surface area contributed by atoms with Crippen LogP contribution in [0.1, 0.15) is 17.5 Å². The van der Waals surface area contributed by atoms with E-state index in [-0.39, 0.29) is 11.7 Å². The van der Waals surface area contributed by atoms with Crippen LogP contribution in [0.3, 0.4) is 0 Å². The molecule has 0 radical (unpaired) electrons. The maximum absolute atomic E-state index is 12.4. The number of nitrogens with zero attached hydrogens (tertiary/aromatic N) is 4. The second-order valence-corrected chi connectivity index (χ2v) is 7.13. The van der Waals surface area contributed by atoms with E-state index >= 15 is 0 Å². The molecule has 0 unspecified atom stereocenters. The summed E-state index contributed by atoms with van der Waals surface area (Å²) in [5, 5.41) is 14.4. The van der Waals surface area contributed by atoms with Gasteiger partial charge in [0.1, 0.15) is 0 Å². The van der Waals surface area contributed by atoms with E-state index < -0.39 is 0 Å². The van der Waals surface area contributed by atoms with Crippen LogP contribution in [-0.4, -0.2) is 39.1 Å². The molecule has 1 amide bonds. The Morgan fingerprint density at radius 1 is 1.07 bits per heavy atom. The molecule has 7 heteroatoms. The highest BCUT2D eigenvalue weighted by molar-refractivity contribution is 7.99. The molecule has 0 N–H and O–H groups in total. The van der Waals surface area contributed by atoms with E-state index in [0.29, 0.717) is 17.7 Å².